The summed E-state index contributed by atoms with van der Waals surface area (Å²) in [6.45, 7) is 8.79. The van der Waals surface area contributed by atoms with Crippen molar-refractivity contribution in [1.82, 2.24) is 29.7 Å². The van der Waals surface area contributed by atoms with Crippen LogP contribution in [-0.2, 0) is 29.2 Å². The number of aryl methyl sites for hydroxylation is 1. The number of nitrogens with one attached hydrogen (secondary N) is 1. The fraction of sp³-hybridized carbons (Fsp3) is 0.375. The molecule has 4 aromatic rings. The summed E-state index contributed by atoms with van der Waals surface area (Å²) in [5.41, 5.74) is 4.12. The molecule has 11 nitrogen and oxygen atoms in total. The molecule has 0 radical (unpaired) electrons. The van der Waals surface area contributed by atoms with Gasteiger partial charge in [-0.25, -0.2) is 9.97 Å². The summed E-state index contributed by atoms with van der Waals surface area (Å²) < 4.78 is 18.4. The maximum atomic E-state index is 13.3. The molecular weight excluding hydrogens is 546 g/mol. The second kappa shape index (κ2) is 13.2. The molecule has 6 rings (SSSR count). The first-order chi connectivity index (χ1) is 21.0. The normalized spacial score (nSPS) is 16.8. The number of imidazole rings is 1. The van der Waals surface area contributed by atoms with Crippen molar-refractivity contribution in [3.63, 3.8) is 0 Å². The highest BCUT2D eigenvalue weighted by molar-refractivity contribution is 5.76. The van der Waals surface area contributed by atoms with Crippen LogP contribution in [-0.4, -0.2) is 69.4 Å². The number of piperazine rings is 1. The topological polar surface area (TPSA) is 107 Å². The third-order valence-electron chi connectivity index (χ3n) is 7.70. The Labute approximate surface area is 251 Å². The average Bonchev–Trinajstić information content (AvgIpc) is 3.57. The molecule has 224 valence electrons. The molecule has 1 saturated heterocycles. The molecule has 1 amide bonds. The largest absolute Gasteiger partial charge is 0.494 e. The molecule has 0 spiro atoms. The third-order valence-corrected chi connectivity index (χ3v) is 7.70. The SMILES string of the molecule is CCOc1ccc(CNC(=O)CC2CN(c3cc(C)nc(-n4ccnc4)n3)CCN2Cc2ccc3c(c2)COCO3)cc1. The number of carbonyl (C=O) groups is 1. The first-order valence-corrected chi connectivity index (χ1v) is 14.7. The Kier molecular flexibility index (Phi) is 8.80. The van der Waals surface area contributed by atoms with Crippen LogP contribution < -0.4 is 19.7 Å². The fourth-order valence-corrected chi connectivity index (χ4v) is 5.53. The van der Waals surface area contributed by atoms with Crippen molar-refractivity contribution in [2.45, 2.75) is 46.0 Å². The van der Waals surface area contributed by atoms with Gasteiger partial charge in [0.2, 0.25) is 11.9 Å². The van der Waals surface area contributed by atoms with Crippen LogP contribution in [0.1, 0.15) is 35.7 Å². The number of amides is 1. The minimum absolute atomic E-state index is 0.0101. The molecule has 1 N–H and O–H groups in total. The molecule has 43 heavy (non-hydrogen) atoms. The second-order valence-electron chi connectivity index (χ2n) is 10.8. The zero-order chi connectivity index (χ0) is 29.6. The summed E-state index contributed by atoms with van der Waals surface area (Å²) in [6, 6.07) is 16.1. The molecular formula is C32H37N7O4. The van der Waals surface area contributed by atoms with Crippen LogP contribution >= 0.6 is 0 Å². The maximum absolute atomic E-state index is 13.3. The summed E-state index contributed by atoms with van der Waals surface area (Å²) in [7, 11) is 0. The molecule has 11 heteroatoms. The Morgan fingerprint density at radius 2 is 1.95 bits per heavy atom. The zero-order valence-electron chi connectivity index (χ0n) is 24.6. The fourth-order valence-electron chi connectivity index (χ4n) is 5.53. The monoisotopic (exact) mass is 583 g/mol. The second-order valence-corrected chi connectivity index (χ2v) is 10.8. The first kappa shape index (κ1) is 28.6. The van der Waals surface area contributed by atoms with Gasteiger partial charge < -0.3 is 24.4 Å². The van der Waals surface area contributed by atoms with Crippen molar-refractivity contribution >= 4 is 11.7 Å². The van der Waals surface area contributed by atoms with Gasteiger partial charge in [-0.1, -0.05) is 18.2 Å². The Morgan fingerprint density at radius 1 is 1.09 bits per heavy atom. The standard InChI is InChI=1S/C32H37N7O4/c1-3-42-28-7-4-24(5-8-28)17-34-31(40)16-27-19-38(30-14-23(2)35-32(36-30)39-11-10-33-21-39)13-12-37(27)18-25-6-9-29-26(15-25)20-41-22-43-29/h4-11,14-15,21,27H,3,12-13,16-20,22H2,1-2H3,(H,34,40). The number of fused-ring (bicyclic) bond motifs is 1. The van der Waals surface area contributed by atoms with Crippen molar-refractivity contribution in [3.8, 4) is 17.4 Å². The van der Waals surface area contributed by atoms with Crippen molar-refractivity contribution in [2.75, 3.05) is 37.9 Å². The minimum Gasteiger partial charge on any atom is -0.494 e. The molecule has 1 atom stereocenters. The van der Waals surface area contributed by atoms with E-state index in [-0.39, 0.29) is 18.7 Å². The predicted molar refractivity (Wildman–Crippen MR) is 161 cm³/mol. The van der Waals surface area contributed by atoms with Crippen molar-refractivity contribution in [3.05, 3.63) is 89.6 Å². The molecule has 4 heterocycles. The molecule has 2 aromatic carbocycles. The Balaban J connectivity index is 1.18. The maximum Gasteiger partial charge on any atom is 0.237 e. The summed E-state index contributed by atoms with van der Waals surface area (Å²) in [5.74, 6) is 3.14. The summed E-state index contributed by atoms with van der Waals surface area (Å²) in [5, 5.41) is 3.12. The number of benzene rings is 2. The molecule has 0 saturated carbocycles. The van der Waals surface area contributed by atoms with Crippen LogP contribution in [0, 0.1) is 6.92 Å². The lowest BCUT2D eigenvalue weighted by Crippen LogP contribution is -2.54. The first-order valence-electron chi connectivity index (χ1n) is 14.7. The molecule has 2 aromatic heterocycles. The number of hydrogen-bond acceptors (Lipinski definition) is 9. The Hall–Kier alpha value is -4.48. The molecule has 1 unspecified atom stereocenters. The Bertz CT molecular complexity index is 1530. The highest BCUT2D eigenvalue weighted by atomic mass is 16.7. The van der Waals surface area contributed by atoms with E-state index in [2.05, 4.69) is 37.2 Å². The number of rotatable bonds is 10. The number of carbonyl (C=O) groups excluding carboxylic acids is 1. The van der Waals surface area contributed by atoms with Gasteiger partial charge in [-0.05, 0) is 49.2 Å². The number of aromatic nitrogens is 4. The summed E-state index contributed by atoms with van der Waals surface area (Å²) in [4.78, 5) is 31.5. The summed E-state index contributed by atoms with van der Waals surface area (Å²) in [6.07, 6.45) is 5.61. The number of anilines is 1. The van der Waals surface area contributed by atoms with E-state index >= 15 is 0 Å². The van der Waals surface area contributed by atoms with Gasteiger partial charge in [0.25, 0.3) is 0 Å². The van der Waals surface area contributed by atoms with Crippen molar-refractivity contribution < 1.29 is 19.0 Å². The molecule has 0 aliphatic carbocycles. The van der Waals surface area contributed by atoms with Crippen LogP contribution in [0.3, 0.4) is 0 Å². The highest BCUT2D eigenvalue weighted by Crippen LogP contribution is 2.27. The van der Waals surface area contributed by atoms with E-state index in [1.54, 1.807) is 12.5 Å². The smallest absolute Gasteiger partial charge is 0.237 e. The lowest BCUT2D eigenvalue weighted by atomic mass is 10.0. The van der Waals surface area contributed by atoms with Gasteiger partial charge in [0.05, 0.1) is 13.2 Å². The van der Waals surface area contributed by atoms with E-state index in [9.17, 15) is 4.79 Å². The van der Waals surface area contributed by atoms with Crippen molar-refractivity contribution in [1.29, 1.82) is 0 Å². The zero-order valence-corrected chi connectivity index (χ0v) is 24.6. The Morgan fingerprint density at radius 3 is 2.77 bits per heavy atom. The quantitative estimate of drug-likeness (QED) is 0.300. The van der Waals surface area contributed by atoms with Gasteiger partial charge in [-0.2, -0.15) is 4.98 Å². The van der Waals surface area contributed by atoms with E-state index in [1.165, 1.54) is 5.56 Å². The minimum atomic E-state index is -0.0235. The van der Waals surface area contributed by atoms with E-state index in [1.807, 2.05) is 61.0 Å². The van der Waals surface area contributed by atoms with Crippen LogP contribution in [0.2, 0.25) is 0 Å². The number of ether oxygens (including phenoxy) is 3. The lowest BCUT2D eigenvalue weighted by Gasteiger charge is -2.42. The molecule has 0 bridgehead atoms. The average molecular weight is 584 g/mol. The third kappa shape index (κ3) is 7.12. The lowest BCUT2D eigenvalue weighted by molar-refractivity contribution is -0.122. The van der Waals surface area contributed by atoms with Crippen molar-refractivity contribution in [2.24, 2.45) is 0 Å². The van der Waals surface area contributed by atoms with Gasteiger partial charge in [0.15, 0.2) is 6.79 Å². The van der Waals surface area contributed by atoms with E-state index in [0.29, 0.717) is 38.7 Å². The van der Waals surface area contributed by atoms with Gasteiger partial charge >= 0.3 is 0 Å². The molecule has 2 aliphatic heterocycles. The van der Waals surface area contributed by atoms with Crippen LogP contribution in [0.4, 0.5) is 5.82 Å². The molecule has 1 fully saturated rings. The summed E-state index contributed by atoms with van der Waals surface area (Å²) >= 11 is 0. The van der Waals surface area contributed by atoms with Gasteiger partial charge in [0.1, 0.15) is 23.6 Å². The van der Waals surface area contributed by atoms with Gasteiger partial charge in [0, 0.05) is 74.9 Å². The van der Waals surface area contributed by atoms with E-state index in [0.717, 1.165) is 53.8 Å². The highest BCUT2D eigenvalue weighted by Gasteiger charge is 2.30. The van der Waals surface area contributed by atoms with Gasteiger partial charge in [-0.3, -0.25) is 14.3 Å². The number of hydrogen-bond donors (Lipinski definition) is 1. The van der Waals surface area contributed by atoms with E-state index in [4.69, 9.17) is 19.2 Å². The van der Waals surface area contributed by atoms with Gasteiger partial charge in [-0.15, -0.1) is 0 Å². The van der Waals surface area contributed by atoms with Crippen LogP contribution in [0.15, 0.2) is 67.3 Å². The number of nitrogens with zero attached hydrogens (tertiary/aromatic N) is 6. The van der Waals surface area contributed by atoms with Crippen LogP contribution in [0.5, 0.6) is 11.5 Å². The predicted octanol–water partition coefficient (Wildman–Crippen LogP) is 3.63. The van der Waals surface area contributed by atoms with E-state index < -0.39 is 0 Å². The molecule has 2 aliphatic rings. The van der Waals surface area contributed by atoms with Crippen LogP contribution in [0.25, 0.3) is 5.95 Å².